The molecule has 1 fully saturated rings. The van der Waals surface area contributed by atoms with Crippen LogP contribution in [0.25, 0.3) is 11.3 Å². The lowest BCUT2D eigenvalue weighted by atomic mass is 10.1. The van der Waals surface area contributed by atoms with Gasteiger partial charge >= 0.3 is 0 Å². The highest BCUT2D eigenvalue weighted by atomic mass is 32.1. The van der Waals surface area contributed by atoms with E-state index in [0.717, 1.165) is 16.1 Å². The minimum absolute atomic E-state index is 0.0399. The average Bonchev–Trinajstić information content (AvgIpc) is 3.11. The summed E-state index contributed by atoms with van der Waals surface area (Å²) in [6.45, 7) is 0.578. The molecule has 0 saturated heterocycles. The van der Waals surface area contributed by atoms with Crippen molar-refractivity contribution in [3.05, 3.63) is 62.6 Å². The zero-order chi connectivity index (χ0) is 15.6. The minimum Gasteiger partial charge on any atom is -0.347 e. The first-order valence-electron chi connectivity index (χ1n) is 7.66. The molecule has 1 aliphatic carbocycles. The van der Waals surface area contributed by atoms with E-state index in [0.29, 0.717) is 18.0 Å². The number of amides is 1. The number of hydrogen-bond acceptors (Lipinski definition) is 4. The highest BCUT2D eigenvalue weighted by Crippen LogP contribution is 2.42. The smallest absolute Gasteiger partial charge is 0.251 e. The van der Waals surface area contributed by atoms with Gasteiger partial charge in [0.25, 0.3) is 5.91 Å². The molecule has 0 radical (unpaired) electrons. The van der Waals surface area contributed by atoms with E-state index in [1.807, 2.05) is 41.8 Å². The van der Waals surface area contributed by atoms with Crippen molar-refractivity contribution in [1.82, 2.24) is 10.3 Å². The van der Waals surface area contributed by atoms with Crippen LogP contribution >= 0.6 is 22.7 Å². The van der Waals surface area contributed by atoms with Gasteiger partial charge in [0, 0.05) is 27.3 Å². The number of thiophene rings is 1. The molecule has 3 nitrogen and oxygen atoms in total. The lowest BCUT2D eigenvalue weighted by Crippen LogP contribution is -2.22. The second kappa shape index (κ2) is 6.26. The second-order valence-corrected chi connectivity index (χ2v) is 7.61. The van der Waals surface area contributed by atoms with Gasteiger partial charge in [0.05, 0.1) is 17.2 Å². The molecular formula is C18H16N2OS2. The van der Waals surface area contributed by atoms with Crippen LogP contribution in [0.5, 0.6) is 0 Å². The molecule has 2 aromatic heterocycles. The third-order valence-corrected chi connectivity index (χ3v) is 5.78. The van der Waals surface area contributed by atoms with Crippen LogP contribution in [0.2, 0.25) is 0 Å². The summed E-state index contributed by atoms with van der Waals surface area (Å²) in [4.78, 5) is 18.0. The summed E-state index contributed by atoms with van der Waals surface area (Å²) in [6, 6.07) is 11.7. The van der Waals surface area contributed by atoms with Gasteiger partial charge in [-0.2, -0.15) is 0 Å². The lowest BCUT2D eigenvalue weighted by Gasteiger charge is -2.04. The van der Waals surface area contributed by atoms with Crippen LogP contribution < -0.4 is 5.32 Å². The number of rotatable bonds is 5. The molecule has 1 amide bonds. The Hall–Kier alpha value is -1.98. The highest BCUT2D eigenvalue weighted by molar-refractivity contribution is 7.10. The molecule has 2 heterocycles. The third kappa shape index (κ3) is 3.35. The number of carbonyl (C=O) groups is 1. The SMILES string of the molecule is O=C(NCc1cccs1)c1ccc(-c2csc(C3CC3)n2)cc1. The van der Waals surface area contributed by atoms with Crippen molar-refractivity contribution in [3.8, 4) is 11.3 Å². The summed E-state index contributed by atoms with van der Waals surface area (Å²) >= 11 is 3.39. The van der Waals surface area contributed by atoms with E-state index in [-0.39, 0.29) is 5.91 Å². The maximum Gasteiger partial charge on any atom is 0.251 e. The van der Waals surface area contributed by atoms with E-state index in [2.05, 4.69) is 10.7 Å². The number of nitrogens with zero attached hydrogens (tertiary/aromatic N) is 1. The number of benzene rings is 1. The van der Waals surface area contributed by atoms with Crippen molar-refractivity contribution in [1.29, 1.82) is 0 Å². The molecule has 0 aliphatic heterocycles. The Labute approximate surface area is 143 Å². The summed E-state index contributed by atoms with van der Waals surface area (Å²) in [5, 5.41) is 8.32. The van der Waals surface area contributed by atoms with Crippen molar-refractivity contribution in [2.45, 2.75) is 25.3 Å². The summed E-state index contributed by atoms with van der Waals surface area (Å²) in [6.07, 6.45) is 2.55. The molecule has 1 aromatic carbocycles. The third-order valence-electron chi connectivity index (χ3n) is 3.89. The number of carbonyl (C=O) groups excluding carboxylic acids is 1. The fourth-order valence-corrected chi connectivity index (χ4v) is 4.06. The molecule has 0 spiro atoms. The fraction of sp³-hybridized carbons (Fsp3) is 0.222. The van der Waals surface area contributed by atoms with Crippen LogP contribution in [0.4, 0.5) is 0 Å². The first kappa shape index (κ1) is 14.6. The van der Waals surface area contributed by atoms with Crippen molar-refractivity contribution >= 4 is 28.6 Å². The Morgan fingerprint density at radius 1 is 1.17 bits per heavy atom. The number of aromatic nitrogens is 1. The van der Waals surface area contributed by atoms with Crippen LogP contribution in [-0.4, -0.2) is 10.9 Å². The molecule has 116 valence electrons. The second-order valence-electron chi connectivity index (χ2n) is 5.68. The zero-order valence-corrected chi connectivity index (χ0v) is 14.1. The summed E-state index contributed by atoms with van der Waals surface area (Å²) in [5.74, 6) is 0.651. The largest absolute Gasteiger partial charge is 0.347 e. The predicted octanol–water partition coefficient (Wildman–Crippen LogP) is 4.68. The first-order valence-corrected chi connectivity index (χ1v) is 9.42. The van der Waals surface area contributed by atoms with E-state index in [1.54, 1.807) is 22.7 Å². The van der Waals surface area contributed by atoms with Crippen LogP contribution in [0, 0.1) is 0 Å². The van der Waals surface area contributed by atoms with Gasteiger partial charge in [0.15, 0.2) is 0 Å². The Bertz CT molecular complexity index is 802. The van der Waals surface area contributed by atoms with Gasteiger partial charge in [-0.1, -0.05) is 18.2 Å². The summed E-state index contributed by atoms with van der Waals surface area (Å²) in [5.41, 5.74) is 2.77. The standard InChI is InChI=1S/C18H16N2OS2/c21-17(19-10-15-2-1-9-22-15)13-5-3-12(4-6-13)16-11-23-18(20-16)14-7-8-14/h1-6,9,11,14H,7-8,10H2,(H,19,21). The highest BCUT2D eigenvalue weighted by Gasteiger charge is 2.26. The maximum absolute atomic E-state index is 12.2. The van der Waals surface area contributed by atoms with Gasteiger partial charge in [-0.15, -0.1) is 22.7 Å². The van der Waals surface area contributed by atoms with Gasteiger partial charge in [-0.25, -0.2) is 4.98 Å². The molecule has 1 aliphatic rings. The number of thiazole rings is 1. The van der Waals surface area contributed by atoms with E-state index < -0.39 is 0 Å². The van der Waals surface area contributed by atoms with E-state index in [9.17, 15) is 4.79 Å². The van der Waals surface area contributed by atoms with Crippen LogP contribution in [0.15, 0.2) is 47.2 Å². The Balaban J connectivity index is 1.43. The van der Waals surface area contributed by atoms with Crippen LogP contribution in [-0.2, 0) is 6.54 Å². The molecule has 0 bridgehead atoms. The van der Waals surface area contributed by atoms with E-state index in [1.165, 1.54) is 17.8 Å². The topological polar surface area (TPSA) is 42.0 Å². The number of hydrogen-bond donors (Lipinski definition) is 1. The monoisotopic (exact) mass is 340 g/mol. The minimum atomic E-state index is -0.0399. The molecule has 0 unspecified atom stereocenters. The molecule has 0 atom stereocenters. The van der Waals surface area contributed by atoms with Crippen molar-refractivity contribution < 1.29 is 4.79 Å². The van der Waals surface area contributed by atoms with E-state index in [4.69, 9.17) is 4.98 Å². The predicted molar refractivity (Wildman–Crippen MR) is 95.0 cm³/mol. The van der Waals surface area contributed by atoms with Gasteiger partial charge in [0.1, 0.15) is 0 Å². The summed E-state index contributed by atoms with van der Waals surface area (Å²) in [7, 11) is 0. The molecule has 5 heteroatoms. The zero-order valence-electron chi connectivity index (χ0n) is 12.5. The van der Waals surface area contributed by atoms with E-state index >= 15 is 0 Å². The van der Waals surface area contributed by atoms with Crippen LogP contribution in [0.1, 0.15) is 39.0 Å². The molecular weight excluding hydrogens is 324 g/mol. The van der Waals surface area contributed by atoms with Gasteiger partial charge in [-0.05, 0) is 36.4 Å². The fourth-order valence-electron chi connectivity index (χ4n) is 2.41. The lowest BCUT2D eigenvalue weighted by molar-refractivity contribution is 0.0951. The maximum atomic E-state index is 12.2. The average molecular weight is 340 g/mol. The Morgan fingerprint density at radius 3 is 2.70 bits per heavy atom. The molecule has 23 heavy (non-hydrogen) atoms. The Kier molecular flexibility index (Phi) is 3.97. The molecule has 1 saturated carbocycles. The molecule has 4 rings (SSSR count). The van der Waals surface area contributed by atoms with Crippen molar-refractivity contribution in [2.24, 2.45) is 0 Å². The Morgan fingerprint density at radius 2 is 2.00 bits per heavy atom. The van der Waals surface area contributed by atoms with Crippen LogP contribution in [0.3, 0.4) is 0 Å². The van der Waals surface area contributed by atoms with Gasteiger partial charge < -0.3 is 5.32 Å². The summed E-state index contributed by atoms with van der Waals surface area (Å²) < 4.78 is 0. The van der Waals surface area contributed by atoms with Gasteiger partial charge in [0.2, 0.25) is 0 Å². The number of nitrogens with one attached hydrogen (secondary N) is 1. The molecule has 3 aromatic rings. The van der Waals surface area contributed by atoms with Crippen molar-refractivity contribution in [3.63, 3.8) is 0 Å². The van der Waals surface area contributed by atoms with Crippen molar-refractivity contribution in [2.75, 3.05) is 0 Å². The normalized spacial score (nSPS) is 13.9. The first-order chi connectivity index (χ1) is 11.3. The quantitative estimate of drug-likeness (QED) is 0.733. The molecule has 1 N–H and O–H groups in total. The van der Waals surface area contributed by atoms with Gasteiger partial charge in [-0.3, -0.25) is 4.79 Å².